The summed E-state index contributed by atoms with van der Waals surface area (Å²) in [6.07, 6.45) is 0. The molecule has 6 nitrogen and oxygen atoms in total. The van der Waals surface area contributed by atoms with E-state index in [-0.39, 0.29) is 0 Å². The number of nitrogen functional groups attached to an aromatic ring is 1. The van der Waals surface area contributed by atoms with Crippen molar-refractivity contribution in [2.24, 2.45) is 0 Å². The minimum atomic E-state index is 0.461. The van der Waals surface area contributed by atoms with Gasteiger partial charge in [0.2, 0.25) is 5.88 Å². The topological polar surface area (TPSA) is 78.6 Å². The number of methoxy groups -OCH3 is 1. The normalized spacial score (nSPS) is 10.3. The molecule has 0 saturated heterocycles. The number of nitrogens with two attached hydrogens (primary N) is 1. The number of rotatable bonds is 9. The molecular formula is C12H21N3O3. The van der Waals surface area contributed by atoms with E-state index in [9.17, 15) is 0 Å². The van der Waals surface area contributed by atoms with Crippen LogP contribution in [0, 0.1) is 0 Å². The zero-order chi connectivity index (χ0) is 13.2. The van der Waals surface area contributed by atoms with Crippen LogP contribution in [0.5, 0.6) is 5.88 Å². The lowest BCUT2D eigenvalue weighted by Gasteiger charge is -2.10. The van der Waals surface area contributed by atoms with Gasteiger partial charge in [0, 0.05) is 13.7 Å². The lowest BCUT2D eigenvalue weighted by Crippen LogP contribution is -2.13. The molecule has 0 atom stereocenters. The number of anilines is 2. The fourth-order valence-electron chi connectivity index (χ4n) is 1.30. The molecular weight excluding hydrogens is 234 g/mol. The SMILES string of the molecule is CCOc1nc(NCCOCCOC)ccc1N. The smallest absolute Gasteiger partial charge is 0.239 e. The third-order valence-electron chi connectivity index (χ3n) is 2.16. The van der Waals surface area contributed by atoms with E-state index in [0.29, 0.717) is 44.5 Å². The van der Waals surface area contributed by atoms with Crippen LogP contribution < -0.4 is 15.8 Å². The molecule has 102 valence electrons. The number of nitrogens with one attached hydrogen (secondary N) is 1. The highest BCUT2D eigenvalue weighted by Gasteiger charge is 2.03. The van der Waals surface area contributed by atoms with E-state index in [4.69, 9.17) is 19.9 Å². The highest BCUT2D eigenvalue weighted by atomic mass is 16.5. The van der Waals surface area contributed by atoms with Gasteiger partial charge in [0.1, 0.15) is 5.82 Å². The van der Waals surface area contributed by atoms with Gasteiger partial charge in [-0.05, 0) is 19.1 Å². The first-order chi connectivity index (χ1) is 8.77. The van der Waals surface area contributed by atoms with Crippen LogP contribution in [0.3, 0.4) is 0 Å². The average Bonchev–Trinajstić information content (AvgIpc) is 2.37. The van der Waals surface area contributed by atoms with Crippen molar-refractivity contribution >= 4 is 11.5 Å². The number of nitrogens with zero attached hydrogens (tertiary/aromatic N) is 1. The highest BCUT2D eigenvalue weighted by Crippen LogP contribution is 2.20. The molecule has 0 radical (unpaired) electrons. The number of ether oxygens (including phenoxy) is 3. The lowest BCUT2D eigenvalue weighted by atomic mass is 10.4. The molecule has 0 aliphatic heterocycles. The second-order valence-electron chi connectivity index (χ2n) is 3.56. The third-order valence-corrected chi connectivity index (χ3v) is 2.16. The minimum absolute atomic E-state index is 0.461. The summed E-state index contributed by atoms with van der Waals surface area (Å²) in [6.45, 7) is 4.91. The lowest BCUT2D eigenvalue weighted by molar-refractivity contribution is 0.0759. The number of aromatic nitrogens is 1. The Bertz CT molecular complexity index is 347. The molecule has 0 aromatic carbocycles. The van der Waals surface area contributed by atoms with Gasteiger partial charge in [0.25, 0.3) is 0 Å². The zero-order valence-electron chi connectivity index (χ0n) is 10.9. The zero-order valence-corrected chi connectivity index (χ0v) is 10.9. The second-order valence-corrected chi connectivity index (χ2v) is 3.56. The molecule has 1 aromatic heterocycles. The van der Waals surface area contributed by atoms with E-state index in [0.717, 1.165) is 5.82 Å². The molecule has 1 aromatic rings. The quantitative estimate of drug-likeness (QED) is 0.644. The summed E-state index contributed by atoms with van der Waals surface area (Å²) in [5.74, 6) is 1.19. The molecule has 0 fully saturated rings. The van der Waals surface area contributed by atoms with E-state index in [2.05, 4.69) is 10.3 Å². The van der Waals surface area contributed by atoms with Gasteiger partial charge in [-0.3, -0.25) is 0 Å². The summed E-state index contributed by atoms with van der Waals surface area (Å²) < 4.78 is 15.5. The largest absolute Gasteiger partial charge is 0.476 e. The summed E-state index contributed by atoms with van der Waals surface area (Å²) in [5, 5.41) is 3.14. The van der Waals surface area contributed by atoms with Gasteiger partial charge in [0.15, 0.2) is 0 Å². The Morgan fingerprint density at radius 1 is 1.28 bits per heavy atom. The van der Waals surface area contributed by atoms with Crippen molar-refractivity contribution in [3.8, 4) is 5.88 Å². The second kappa shape index (κ2) is 8.54. The van der Waals surface area contributed by atoms with Crippen molar-refractivity contribution in [2.45, 2.75) is 6.92 Å². The summed E-state index contributed by atoms with van der Waals surface area (Å²) in [7, 11) is 1.65. The summed E-state index contributed by atoms with van der Waals surface area (Å²) in [5.41, 5.74) is 6.27. The monoisotopic (exact) mass is 255 g/mol. The molecule has 0 spiro atoms. The molecule has 0 bridgehead atoms. The van der Waals surface area contributed by atoms with Crippen LogP contribution in [-0.2, 0) is 9.47 Å². The van der Waals surface area contributed by atoms with Gasteiger partial charge < -0.3 is 25.3 Å². The Kier molecular flexibility index (Phi) is 6.90. The van der Waals surface area contributed by atoms with Gasteiger partial charge >= 0.3 is 0 Å². The molecule has 18 heavy (non-hydrogen) atoms. The van der Waals surface area contributed by atoms with Gasteiger partial charge in [-0.15, -0.1) is 0 Å². The van der Waals surface area contributed by atoms with Crippen molar-refractivity contribution in [3.63, 3.8) is 0 Å². The highest BCUT2D eigenvalue weighted by molar-refractivity contribution is 5.53. The van der Waals surface area contributed by atoms with Gasteiger partial charge in [-0.25, -0.2) is 0 Å². The van der Waals surface area contributed by atoms with Gasteiger partial charge in [0.05, 0.1) is 32.1 Å². The molecule has 0 aliphatic carbocycles. The number of hydrogen-bond donors (Lipinski definition) is 2. The Morgan fingerprint density at radius 2 is 2.11 bits per heavy atom. The minimum Gasteiger partial charge on any atom is -0.476 e. The van der Waals surface area contributed by atoms with Crippen LogP contribution in [0.25, 0.3) is 0 Å². The first kappa shape index (κ1) is 14.5. The van der Waals surface area contributed by atoms with Crippen LogP contribution >= 0.6 is 0 Å². The maximum absolute atomic E-state index is 5.73. The molecule has 3 N–H and O–H groups in total. The molecule has 0 saturated carbocycles. The fourth-order valence-corrected chi connectivity index (χ4v) is 1.30. The summed E-state index contributed by atoms with van der Waals surface area (Å²) in [6, 6.07) is 3.58. The standard InChI is InChI=1S/C12H21N3O3/c1-3-18-12-10(13)4-5-11(15-12)14-6-7-17-9-8-16-2/h4-5H,3,6-9,13H2,1-2H3,(H,14,15). The Labute approximate surface area is 107 Å². The van der Waals surface area contributed by atoms with Crippen LogP contribution in [0.4, 0.5) is 11.5 Å². The first-order valence-electron chi connectivity index (χ1n) is 5.97. The van der Waals surface area contributed by atoms with Gasteiger partial charge in [-0.1, -0.05) is 0 Å². The number of pyridine rings is 1. The average molecular weight is 255 g/mol. The van der Waals surface area contributed by atoms with Crippen LogP contribution in [0.1, 0.15) is 6.92 Å². The van der Waals surface area contributed by atoms with E-state index < -0.39 is 0 Å². The fraction of sp³-hybridized carbons (Fsp3) is 0.583. The summed E-state index contributed by atoms with van der Waals surface area (Å²) in [4.78, 5) is 4.26. The van der Waals surface area contributed by atoms with Crippen LogP contribution in [0.15, 0.2) is 12.1 Å². The Hall–Kier alpha value is -1.53. The van der Waals surface area contributed by atoms with Crippen molar-refractivity contribution in [1.82, 2.24) is 4.98 Å². The Balaban J connectivity index is 2.31. The predicted octanol–water partition coefficient (Wildman–Crippen LogP) is 1.14. The maximum atomic E-state index is 5.73. The van der Waals surface area contributed by atoms with E-state index in [1.807, 2.05) is 13.0 Å². The van der Waals surface area contributed by atoms with Crippen LogP contribution in [0.2, 0.25) is 0 Å². The molecule has 1 heterocycles. The Morgan fingerprint density at radius 3 is 2.83 bits per heavy atom. The third kappa shape index (κ3) is 5.20. The molecule has 6 heteroatoms. The van der Waals surface area contributed by atoms with Crippen molar-refractivity contribution < 1.29 is 14.2 Å². The van der Waals surface area contributed by atoms with Crippen LogP contribution in [-0.4, -0.2) is 45.1 Å². The molecule has 0 unspecified atom stereocenters. The van der Waals surface area contributed by atoms with Crippen molar-refractivity contribution in [1.29, 1.82) is 0 Å². The summed E-state index contributed by atoms with van der Waals surface area (Å²) >= 11 is 0. The molecule has 0 aliphatic rings. The van der Waals surface area contributed by atoms with E-state index in [1.54, 1.807) is 13.2 Å². The maximum Gasteiger partial charge on any atom is 0.239 e. The predicted molar refractivity (Wildman–Crippen MR) is 71.0 cm³/mol. The van der Waals surface area contributed by atoms with E-state index in [1.165, 1.54) is 0 Å². The van der Waals surface area contributed by atoms with Gasteiger partial charge in [-0.2, -0.15) is 4.98 Å². The van der Waals surface area contributed by atoms with Crippen molar-refractivity contribution in [3.05, 3.63) is 12.1 Å². The number of hydrogen-bond acceptors (Lipinski definition) is 6. The first-order valence-corrected chi connectivity index (χ1v) is 5.97. The molecule has 0 amide bonds. The van der Waals surface area contributed by atoms with Crippen molar-refractivity contribution in [2.75, 3.05) is 51.1 Å². The molecule has 1 rings (SSSR count). The van der Waals surface area contributed by atoms with E-state index >= 15 is 0 Å².